The van der Waals surface area contributed by atoms with Gasteiger partial charge in [0.2, 0.25) is 0 Å². The van der Waals surface area contributed by atoms with E-state index >= 15 is 0 Å². The van der Waals surface area contributed by atoms with E-state index in [4.69, 9.17) is 16.3 Å². The van der Waals surface area contributed by atoms with Gasteiger partial charge in [-0.05, 0) is 79.9 Å². The normalized spacial score (nSPS) is 10.9. The van der Waals surface area contributed by atoms with Gasteiger partial charge in [0.05, 0.1) is 0 Å². The molecule has 0 unspecified atom stereocenters. The van der Waals surface area contributed by atoms with E-state index in [0.717, 1.165) is 21.2 Å². The van der Waals surface area contributed by atoms with Crippen LogP contribution in [0.5, 0.6) is 5.75 Å². The molecule has 35 heavy (non-hydrogen) atoms. The van der Waals surface area contributed by atoms with Crippen LogP contribution in [0, 0.1) is 32.1 Å². The fourth-order valence-electron chi connectivity index (χ4n) is 3.15. The molecule has 0 aromatic heterocycles. The molecular formula is C27H23BrClN3O3. The molecule has 0 saturated carbocycles. The molecule has 0 bridgehead atoms. The van der Waals surface area contributed by atoms with Crippen molar-refractivity contribution in [3.05, 3.63) is 91.9 Å². The molecule has 3 aromatic carbocycles. The minimum Gasteiger partial charge on any atom is -0.483 e. The Hall–Kier alpha value is -3.60. The Kier molecular flexibility index (Phi) is 8.69. The van der Waals surface area contributed by atoms with Gasteiger partial charge < -0.3 is 15.4 Å². The summed E-state index contributed by atoms with van der Waals surface area (Å²) in [4.78, 5) is 25.2. The topological polar surface area (TPSA) is 91.2 Å². The number of hydrogen-bond acceptors (Lipinski definition) is 4. The second kappa shape index (κ2) is 11.7. The smallest absolute Gasteiger partial charge is 0.266 e. The van der Waals surface area contributed by atoms with E-state index in [9.17, 15) is 14.9 Å². The van der Waals surface area contributed by atoms with Gasteiger partial charge >= 0.3 is 0 Å². The molecule has 3 rings (SSSR count). The van der Waals surface area contributed by atoms with Crippen molar-refractivity contribution in [2.24, 2.45) is 0 Å². The Morgan fingerprint density at radius 2 is 1.83 bits per heavy atom. The van der Waals surface area contributed by atoms with Gasteiger partial charge in [-0.25, -0.2) is 0 Å². The molecule has 2 N–H and O–H groups in total. The summed E-state index contributed by atoms with van der Waals surface area (Å²) in [5.74, 6) is -0.574. The third kappa shape index (κ3) is 6.95. The monoisotopic (exact) mass is 551 g/mol. The molecule has 0 radical (unpaired) electrons. The van der Waals surface area contributed by atoms with Crippen LogP contribution in [-0.2, 0) is 9.59 Å². The standard InChI is InChI=1S/C27H23BrClN3O3/c1-16-5-4-6-24(18(16)3)32-27(34)20(14-30)11-19-12-21(28)8-10-25(19)35-15-26(33)31-22-9-7-17(2)23(29)13-22/h4-13H,15H2,1-3H3,(H,31,33)(H,32,34)/b20-11-. The summed E-state index contributed by atoms with van der Waals surface area (Å²) in [5, 5.41) is 15.7. The molecule has 0 fully saturated rings. The fourth-order valence-corrected chi connectivity index (χ4v) is 3.71. The maximum absolute atomic E-state index is 12.8. The lowest BCUT2D eigenvalue weighted by atomic mass is 10.1. The summed E-state index contributed by atoms with van der Waals surface area (Å²) in [7, 11) is 0. The minimum absolute atomic E-state index is 0.104. The number of anilines is 2. The summed E-state index contributed by atoms with van der Waals surface area (Å²) < 4.78 is 6.43. The Morgan fingerprint density at radius 3 is 2.54 bits per heavy atom. The van der Waals surface area contributed by atoms with Gasteiger partial charge in [-0.3, -0.25) is 9.59 Å². The summed E-state index contributed by atoms with van der Waals surface area (Å²) in [5.41, 5.74) is 4.41. The van der Waals surface area contributed by atoms with Gasteiger partial charge in [-0.1, -0.05) is 45.7 Å². The third-order valence-electron chi connectivity index (χ3n) is 5.30. The first-order chi connectivity index (χ1) is 16.7. The number of benzene rings is 3. The molecular weight excluding hydrogens is 530 g/mol. The third-order valence-corrected chi connectivity index (χ3v) is 6.20. The van der Waals surface area contributed by atoms with Crippen LogP contribution in [0.1, 0.15) is 22.3 Å². The van der Waals surface area contributed by atoms with Crippen LogP contribution in [0.4, 0.5) is 11.4 Å². The van der Waals surface area contributed by atoms with Crippen molar-refractivity contribution < 1.29 is 14.3 Å². The maximum atomic E-state index is 12.8. The number of nitriles is 1. The van der Waals surface area contributed by atoms with Crippen molar-refractivity contribution in [3.8, 4) is 11.8 Å². The van der Waals surface area contributed by atoms with Gasteiger partial charge in [0.1, 0.15) is 17.4 Å². The summed E-state index contributed by atoms with van der Waals surface area (Å²) in [6, 6.07) is 17.8. The van der Waals surface area contributed by atoms with Crippen LogP contribution < -0.4 is 15.4 Å². The van der Waals surface area contributed by atoms with E-state index < -0.39 is 5.91 Å². The molecule has 0 saturated heterocycles. The van der Waals surface area contributed by atoms with Crippen molar-refractivity contribution in [2.75, 3.05) is 17.2 Å². The summed E-state index contributed by atoms with van der Waals surface area (Å²) >= 11 is 9.50. The van der Waals surface area contributed by atoms with E-state index in [-0.39, 0.29) is 18.1 Å². The number of hydrogen-bond donors (Lipinski definition) is 2. The van der Waals surface area contributed by atoms with Crippen molar-refractivity contribution in [1.29, 1.82) is 5.26 Å². The molecule has 0 aliphatic rings. The fraction of sp³-hybridized carbons (Fsp3) is 0.148. The lowest BCUT2D eigenvalue weighted by Crippen LogP contribution is -2.20. The number of halogens is 2. The van der Waals surface area contributed by atoms with Gasteiger partial charge in [0, 0.05) is 26.4 Å². The van der Waals surface area contributed by atoms with Crippen molar-refractivity contribution in [1.82, 2.24) is 0 Å². The number of carbonyl (C=O) groups is 2. The summed E-state index contributed by atoms with van der Waals surface area (Å²) in [6.45, 7) is 5.44. The molecule has 8 heteroatoms. The van der Waals surface area contributed by atoms with Crippen LogP contribution in [0.2, 0.25) is 5.02 Å². The van der Waals surface area contributed by atoms with E-state index in [1.54, 1.807) is 36.4 Å². The summed E-state index contributed by atoms with van der Waals surface area (Å²) in [6.07, 6.45) is 1.43. The van der Waals surface area contributed by atoms with Crippen molar-refractivity contribution in [3.63, 3.8) is 0 Å². The molecule has 0 aliphatic heterocycles. The minimum atomic E-state index is -0.541. The molecule has 0 atom stereocenters. The first-order valence-corrected chi connectivity index (χ1v) is 11.8. The Bertz CT molecular complexity index is 1360. The Balaban J connectivity index is 1.76. The first kappa shape index (κ1) is 26.0. The Morgan fingerprint density at radius 1 is 1.06 bits per heavy atom. The number of nitrogens with zero attached hydrogens (tertiary/aromatic N) is 1. The number of amides is 2. The number of nitrogens with one attached hydrogen (secondary N) is 2. The second-order valence-corrected chi connectivity index (χ2v) is 9.18. The average molecular weight is 553 g/mol. The predicted octanol–water partition coefficient (Wildman–Crippen LogP) is 6.59. The van der Waals surface area contributed by atoms with E-state index in [0.29, 0.717) is 27.7 Å². The largest absolute Gasteiger partial charge is 0.483 e. The Labute approximate surface area is 217 Å². The lowest BCUT2D eigenvalue weighted by Gasteiger charge is -2.12. The first-order valence-electron chi connectivity index (χ1n) is 10.7. The van der Waals surface area contributed by atoms with Crippen LogP contribution in [0.25, 0.3) is 6.08 Å². The van der Waals surface area contributed by atoms with E-state index in [2.05, 4.69) is 26.6 Å². The van der Waals surface area contributed by atoms with E-state index in [1.807, 2.05) is 45.0 Å². The number of carbonyl (C=O) groups excluding carboxylic acids is 2. The highest BCUT2D eigenvalue weighted by molar-refractivity contribution is 9.10. The van der Waals surface area contributed by atoms with Crippen LogP contribution >= 0.6 is 27.5 Å². The zero-order valence-corrected chi connectivity index (χ0v) is 21.8. The highest BCUT2D eigenvalue weighted by Gasteiger charge is 2.14. The molecule has 0 spiro atoms. The predicted molar refractivity (Wildman–Crippen MR) is 143 cm³/mol. The van der Waals surface area contributed by atoms with Crippen LogP contribution in [0.3, 0.4) is 0 Å². The molecule has 2 amide bonds. The lowest BCUT2D eigenvalue weighted by molar-refractivity contribution is -0.118. The van der Waals surface area contributed by atoms with Gasteiger partial charge in [-0.15, -0.1) is 0 Å². The quantitative estimate of drug-likeness (QED) is 0.255. The maximum Gasteiger partial charge on any atom is 0.266 e. The molecule has 0 aliphatic carbocycles. The zero-order chi connectivity index (χ0) is 25.5. The van der Waals surface area contributed by atoms with Crippen molar-refractivity contribution >= 4 is 56.8 Å². The molecule has 178 valence electrons. The van der Waals surface area contributed by atoms with Gasteiger partial charge in [0.25, 0.3) is 11.8 Å². The molecule has 3 aromatic rings. The van der Waals surface area contributed by atoms with Crippen LogP contribution in [0.15, 0.2) is 64.6 Å². The van der Waals surface area contributed by atoms with Gasteiger partial charge in [0.15, 0.2) is 6.61 Å². The second-order valence-electron chi connectivity index (χ2n) is 7.85. The highest BCUT2D eigenvalue weighted by Crippen LogP contribution is 2.27. The number of ether oxygens (including phenoxy) is 1. The highest BCUT2D eigenvalue weighted by atomic mass is 79.9. The number of rotatable bonds is 7. The molecule has 6 nitrogen and oxygen atoms in total. The molecule has 0 heterocycles. The van der Waals surface area contributed by atoms with E-state index in [1.165, 1.54) is 6.08 Å². The van der Waals surface area contributed by atoms with Crippen LogP contribution in [-0.4, -0.2) is 18.4 Å². The number of aryl methyl sites for hydroxylation is 2. The average Bonchev–Trinajstić information content (AvgIpc) is 2.82. The van der Waals surface area contributed by atoms with Crippen molar-refractivity contribution in [2.45, 2.75) is 20.8 Å². The zero-order valence-electron chi connectivity index (χ0n) is 19.4. The SMILES string of the molecule is Cc1ccc(NC(=O)COc2ccc(Br)cc2/C=C(/C#N)C(=O)Nc2cccc(C)c2C)cc1Cl. The van der Waals surface area contributed by atoms with Gasteiger partial charge in [-0.2, -0.15) is 5.26 Å².